The summed E-state index contributed by atoms with van der Waals surface area (Å²) in [6.45, 7) is 12.6. The molecule has 0 bridgehead atoms. The molecule has 0 aliphatic carbocycles. The lowest BCUT2D eigenvalue weighted by molar-refractivity contribution is 0.0810. The second-order valence-corrected chi connectivity index (χ2v) is 5.05. The monoisotopic (exact) mass is 316 g/mol. The van der Waals surface area contributed by atoms with Crippen LogP contribution in [-0.2, 0) is 0 Å². The highest BCUT2D eigenvalue weighted by Crippen LogP contribution is 2.17. The third-order valence-electron chi connectivity index (χ3n) is 3.08. The molecule has 0 saturated carbocycles. The number of rotatable bonds is 7. The maximum Gasteiger partial charge on any atom is 0.237 e. The molecule has 0 aromatic carbocycles. The third-order valence-corrected chi connectivity index (χ3v) is 3.08. The number of ether oxygens (including phenoxy) is 1. The van der Waals surface area contributed by atoms with Crippen molar-refractivity contribution in [1.29, 1.82) is 0 Å². The quantitative estimate of drug-likeness (QED) is 0.840. The zero-order chi connectivity index (χ0) is 16.8. The van der Waals surface area contributed by atoms with Crippen LogP contribution in [-0.4, -0.2) is 35.2 Å². The van der Waals surface area contributed by atoms with Crippen LogP contribution >= 0.6 is 0 Å². The number of likely N-dealkylation sites (N-methyl/N-ethyl adjacent to an activating group) is 1. The van der Waals surface area contributed by atoms with Gasteiger partial charge in [-0.05, 0) is 25.1 Å². The number of alkyl halides is 1. The van der Waals surface area contributed by atoms with Crippen molar-refractivity contribution in [1.82, 2.24) is 15.3 Å². The predicted molar refractivity (Wildman–Crippen MR) is 89.8 cm³/mol. The molecule has 1 aromatic rings. The summed E-state index contributed by atoms with van der Waals surface area (Å²) in [7, 11) is 0. The lowest BCUT2D eigenvalue weighted by atomic mass is 10.1. The number of allylic oxidation sites excluding steroid dienone is 2. The summed E-state index contributed by atoms with van der Waals surface area (Å²) < 4.78 is 17.7. The Bertz CT molecular complexity index is 634. The molecule has 2 rings (SSSR count). The minimum Gasteiger partial charge on any atom is -0.444 e. The van der Waals surface area contributed by atoms with Crippen LogP contribution in [0.25, 0.3) is 0 Å². The molecule has 0 saturated heterocycles. The van der Waals surface area contributed by atoms with Crippen LogP contribution < -0.4 is 10.1 Å². The number of nitrogens with zero attached hydrogens (tertiary/aromatic N) is 3. The van der Waals surface area contributed by atoms with E-state index in [-0.39, 0.29) is 5.88 Å². The van der Waals surface area contributed by atoms with Gasteiger partial charge in [0.1, 0.15) is 0 Å². The smallest absolute Gasteiger partial charge is 0.237 e. The van der Waals surface area contributed by atoms with Gasteiger partial charge in [-0.1, -0.05) is 13.2 Å². The van der Waals surface area contributed by atoms with Gasteiger partial charge in [0, 0.05) is 37.0 Å². The van der Waals surface area contributed by atoms with E-state index in [1.54, 1.807) is 23.3 Å². The highest BCUT2D eigenvalue weighted by Gasteiger charge is 2.13. The van der Waals surface area contributed by atoms with Crippen molar-refractivity contribution < 1.29 is 9.13 Å². The van der Waals surface area contributed by atoms with Gasteiger partial charge in [-0.2, -0.15) is 5.10 Å². The third kappa shape index (κ3) is 4.67. The van der Waals surface area contributed by atoms with Crippen LogP contribution in [0.2, 0.25) is 0 Å². The van der Waals surface area contributed by atoms with E-state index < -0.39 is 6.36 Å². The molecule has 1 unspecified atom stereocenters. The molecule has 6 heteroatoms. The van der Waals surface area contributed by atoms with E-state index in [9.17, 15) is 4.39 Å². The first kappa shape index (κ1) is 16.7. The molecule has 1 atom stereocenters. The Balaban J connectivity index is 2.13. The highest BCUT2D eigenvalue weighted by atomic mass is 19.1. The lowest BCUT2D eigenvalue weighted by Gasteiger charge is -2.24. The highest BCUT2D eigenvalue weighted by molar-refractivity contribution is 6.09. The molecule has 1 aliphatic rings. The number of nitrogens with one attached hydrogen (secondary N) is 1. The Labute approximate surface area is 135 Å². The van der Waals surface area contributed by atoms with Gasteiger partial charge in [-0.15, -0.1) is 0 Å². The van der Waals surface area contributed by atoms with Crippen molar-refractivity contribution in [3.05, 3.63) is 60.6 Å². The summed E-state index contributed by atoms with van der Waals surface area (Å²) in [5, 5.41) is 9.48. The zero-order valence-electron chi connectivity index (χ0n) is 13.4. The van der Waals surface area contributed by atoms with E-state index in [1.165, 1.54) is 6.92 Å². The van der Waals surface area contributed by atoms with E-state index in [4.69, 9.17) is 4.74 Å². The zero-order valence-corrected chi connectivity index (χ0v) is 13.4. The van der Waals surface area contributed by atoms with Crippen LogP contribution in [0, 0.1) is 0 Å². The summed E-state index contributed by atoms with van der Waals surface area (Å²) in [4.78, 5) is 4.08. The average Bonchev–Trinajstić information content (AvgIpc) is 2.50. The predicted octanol–water partition coefficient (Wildman–Crippen LogP) is 2.99. The minimum atomic E-state index is -1.39. The Hall–Kier alpha value is -2.63. The molecule has 1 N–H and O–H groups in total. The molecule has 1 aromatic heterocycles. The SMILES string of the molecule is C=C(CN1N=C(c2ccc(OC(C)F)nc2)C=CC1=C)NCC. The molecule has 0 amide bonds. The molecular formula is C17H21FN4O. The van der Waals surface area contributed by atoms with Gasteiger partial charge < -0.3 is 10.1 Å². The largest absolute Gasteiger partial charge is 0.444 e. The Kier molecular flexibility index (Phi) is 5.51. The van der Waals surface area contributed by atoms with Crippen LogP contribution in [0.5, 0.6) is 5.88 Å². The molecule has 0 spiro atoms. The average molecular weight is 316 g/mol. The van der Waals surface area contributed by atoms with Gasteiger partial charge >= 0.3 is 0 Å². The number of hydrazone groups is 1. The normalized spacial score (nSPS) is 15.2. The Morgan fingerprint density at radius 2 is 2.22 bits per heavy atom. The van der Waals surface area contributed by atoms with Crippen LogP contribution in [0.3, 0.4) is 0 Å². The van der Waals surface area contributed by atoms with Crippen molar-refractivity contribution in [2.75, 3.05) is 13.1 Å². The van der Waals surface area contributed by atoms with E-state index >= 15 is 0 Å². The number of hydrogen-bond donors (Lipinski definition) is 1. The van der Waals surface area contributed by atoms with E-state index in [1.807, 2.05) is 19.1 Å². The summed E-state index contributed by atoms with van der Waals surface area (Å²) in [5.41, 5.74) is 3.21. The van der Waals surface area contributed by atoms with Crippen molar-refractivity contribution in [3.63, 3.8) is 0 Å². The summed E-state index contributed by atoms with van der Waals surface area (Å²) in [6, 6.07) is 3.41. The second kappa shape index (κ2) is 7.58. The maximum atomic E-state index is 12.8. The number of aromatic nitrogens is 1. The number of hydrogen-bond acceptors (Lipinski definition) is 5. The molecule has 5 nitrogen and oxygen atoms in total. The van der Waals surface area contributed by atoms with Crippen LogP contribution in [0.4, 0.5) is 4.39 Å². The van der Waals surface area contributed by atoms with Gasteiger partial charge in [0.05, 0.1) is 18.0 Å². The molecule has 0 radical (unpaired) electrons. The molecule has 23 heavy (non-hydrogen) atoms. The van der Waals surface area contributed by atoms with E-state index in [0.717, 1.165) is 29.2 Å². The van der Waals surface area contributed by atoms with Gasteiger partial charge in [-0.25, -0.2) is 9.37 Å². The van der Waals surface area contributed by atoms with Crippen molar-refractivity contribution in [3.8, 4) is 5.88 Å². The van der Waals surface area contributed by atoms with Gasteiger partial charge in [0.25, 0.3) is 0 Å². The fraction of sp³-hybridized carbons (Fsp3) is 0.294. The fourth-order valence-electron chi connectivity index (χ4n) is 2.03. The molecule has 1 aliphatic heterocycles. The minimum absolute atomic E-state index is 0.242. The number of halogens is 1. The first-order chi connectivity index (χ1) is 11.0. The van der Waals surface area contributed by atoms with E-state index in [2.05, 4.69) is 28.6 Å². The summed E-state index contributed by atoms with van der Waals surface area (Å²) >= 11 is 0. The molecule has 2 heterocycles. The van der Waals surface area contributed by atoms with Crippen LogP contribution in [0.15, 0.2) is 60.1 Å². The summed E-state index contributed by atoms with van der Waals surface area (Å²) in [5.74, 6) is 0.242. The standard InChI is InChI=1S/C17H21FN4O/c1-5-19-12(2)11-22-13(3)6-8-16(21-22)15-7-9-17(20-10-15)23-14(4)18/h6-10,14,19H,2-3,5,11H2,1,4H3. The van der Waals surface area contributed by atoms with Crippen molar-refractivity contribution in [2.24, 2.45) is 5.10 Å². The molecule has 122 valence electrons. The topological polar surface area (TPSA) is 49.8 Å². The molecular weight excluding hydrogens is 295 g/mol. The Morgan fingerprint density at radius 3 is 2.83 bits per heavy atom. The Morgan fingerprint density at radius 1 is 1.43 bits per heavy atom. The van der Waals surface area contributed by atoms with Crippen molar-refractivity contribution in [2.45, 2.75) is 20.2 Å². The van der Waals surface area contributed by atoms with Gasteiger partial charge in [0.15, 0.2) is 0 Å². The van der Waals surface area contributed by atoms with Crippen molar-refractivity contribution >= 4 is 5.71 Å². The van der Waals surface area contributed by atoms with Gasteiger partial charge in [-0.3, -0.25) is 5.01 Å². The fourth-order valence-corrected chi connectivity index (χ4v) is 2.03. The second-order valence-electron chi connectivity index (χ2n) is 5.05. The molecule has 0 fully saturated rings. The summed E-state index contributed by atoms with van der Waals surface area (Å²) in [6.07, 6.45) is 3.96. The first-order valence-corrected chi connectivity index (χ1v) is 7.41. The number of pyridine rings is 1. The van der Waals surface area contributed by atoms with Gasteiger partial charge in [0.2, 0.25) is 12.2 Å². The first-order valence-electron chi connectivity index (χ1n) is 7.41. The lowest BCUT2D eigenvalue weighted by Crippen LogP contribution is -2.27. The van der Waals surface area contributed by atoms with Crippen LogP contribution in [0.1, 0.15) is 19.4 Å². The maximum absolute atomic E-state index is 12.8. The van der Waals surface area contributed by atoms with E-state index in [0.29, 0.717) is 6.54 Å².